The Bertz CT molecular complexity index is 883. The number of amides is 1. The number of fused-ring (bicyclic) bond motifs is 1. The van der Waals surface area contributed by atoms with Gasteiger partial charge in [0, 0.05) is 36.3 Å². The second-order valence-corrected chi connectivity index (χ2v) is 7.70. The van der Waals surface area contributed by atoms with Crippen molar-refractivity contribution in [1.82, 2.24) is 4.57 Å². The molecule has 1 N–H and O–H groups in total. The zero-order valence-corrected chi connectivity index (χ0v) is 15.5. The first-order chi connectivity index (χ1) is 11.8. The van der Waals surface area contributed by atoms with E-state index in [2.05, 4.69) is 61.0 Å². The SMILES string of the molecule is Cn1ccc2cc(NC(=O)CCc3ccc(C(C)(C)C)cc3)ccc21. The van der Waals surface area contributed by atoms with Crippen LogP contribution in [-0.4, -0.2) is 10.5 Å². The molecule has 3 nitrogen and oxygen atoms in total. The van der Waals surface area contributed by atoms with E-state index in [4.69, 9.17) is 0 Å². The van der Waals surface area contributed by atoms with Crippen LogP contribution in [0.2, 0.25) is 0 Å². The van der Waals surface area contributed by atoms with Crippen molar-refractivity contribution in [3.8, 4) is 0 Å². The zero-order valence-electron chi connectivity index (χ0n) is 15.5. The molecule has 0 atom stereocenters. The fraction of sp³-hybridized carbons (Fsp3) is 0.318. The van der Waals surface area contributed by atoms with E-state index in [-0.39, 0.29) is 11.3 Å². The quantitative estimate of drug-likeness (QED) is 0.712. The predicted molar refractivity (Wildman–Crippen MR) is 105 cm³/mol. The molecule has 0 unspecified atom stereocenters. The van der Waals surface area contributed by atoms with Crippen LogP contribution in [0.15, 0.2) is 54.7 Å². The molecule has 1 aromatic heterocycles. The second kappa shape index (κ2) is 6.75. The summed E-state index contributed by atoms with van der Waals surface area (Å²) in [4.78, 5) is 12.2. The Morgan fingerprint density at radius 1 is 1.04 bits per heavy atom. The molecule has 0 aliphatic carbocycles. The number of hydrogen-bond acceptors (Lipinski definition) is 1. The zero-order chi connectivity index (χ0) is 18.0. The van der Waals surface area contributed by atoms with Gasteiger partial charge in [-0.25, -0.2) is 0 Å². The number of benzene rings is 2. The Morgan fingerprint density at radius 3 is 2.44 bits per heavy atom. The van der Waals surface area contributed by atoms with Crippen LogP contribution < -0.4 is 5.32 Å². The van der Waals surface area contributed by atoms with Gasteiger partial charge in [0.2, 0.25) is 5.91 Å². The molecule has 1 heterocycles. The highest BCUT2D eigenvalue weighted by Gasteiger charge is 2.13. The summed E-state index contributed by atoms with van der Waals surface area (Å²) in [7, 11) is 2.02. The van der Waals surface area contributed by atoms with Gasteiger partial charge >= 0.3 is 0 Å². The van der Waals surface area contributed by atoms with Crippen LogP contribution in [0, 0.1) is 0 Å². The molecule has 0 spiro atoms. The van der Waals surface area contributed by atoms with Gasteiger partial charge in [0.15, 0.2) is 0 Å². The molecule has 0 saturated carbocycles. The molecule has 1 amide bonds. The van der Waals surface area contributed by atoms with Crippen LogP contribution in [0.3, 0.4) is 0 Å². The number of nitrogens with zero attached hydrogens (tertiary/aromatic N) is 1. The monoisotopic (exact) mass is 334 g/mol. The van der Waals surface area contributed by atoms with E-state index in [1.54, 1.807) is 0 Å². The molecule has 0 fully saturated rings. The molecule has 3 heteroatoms. The largest absolute Gasteiger partial charge is 0.351 e. The summed E-state index contributed by atoms with van der Waals surface area (Å²) in [5.41, 5.74) is 4.69. The number of hydrogen-bond donors (Lipinski definition) is 1. The first kappa shape index (κ1) is 17.3. The van der Waals surface area contributed by atoms with E-state index in [9.17, 15) is 4.79 Å². The topological polar surface area (TPSA) is 34.0 Å². The normalized spacial score (nSPS) is 11.7. The van der Waals surface area contributed by atoms with Gasteiger partial charge in [-0.2, -0.15) is 0 Å². The van der Waals surface area contributed by atoms with E-state index < -0.39 is 0 Å². The highest BCUT2D eigenvalue weighted by Crippen LogP contribution is 2.23. The van der Waals surface area contributed by atoms with Crippen LogP contribution in [0.25, 0.3) is 10.9 Å². The summed E-state index contributed by atoms with van der Waals surface area (Å²) in [6.45, 7) is 6.62. The van der Waals surface area contributed by atoms with Crippen molar-refractivity contribution >= 4 is 22.5 Å². The summed E-state index contributed by atoms with van der Waals surface area (Å²) in [6, 6.07) is 16.7. The molecule has 0 aliphatic rings. The molecule has 0 bridgehead atoms. The Kier molecular flexibility index (Phi) is 4.67. The third-order valence-electron chi connectivity index (χ3n) is 4.63. The van der Waals surface area contributed by atoms with Gasteiger partial charge in [0.05, 0.1) is 0 Å². The molecule has 3 aromatic rings. The van der Waals surface area contributed by atoms with E-state index >= 15 is 0 Å². The van der Waals surface area contributed by atoms with Gasteiger partial charge in [-0.15, -0.1) is 0 Å². The molecule has 0 radical (unpaired) electrons. The number of aromatic nitrogens is 1. The summed E-state index contributed by atoms with van der Waals surface area (Å²) in [5.74, 6) is 0.0511. The van der Waals surface area contributed by atoms with Gasteiger partial charge in [0.25, 0.3) is 0 Å². The average molecular weight is 334 g/mol. The van der Waals surface area contributed by atoms with Crippen LogP contribution in [0.4, 0.5) is 5.69 Å². The molecular weight excluding hydrogens is 308 g/mol. The minimum absolute atomic E-state index is 0.0511. The second-order valence-electron chi connectivity index (χ2n) is 7.70. The van der Waals surface area contributed by atoms with Crippen molar-refractivity contribution in [3.05, 3.63) is 65.9 Å². The molecular formula is C22H26N2O. The van der Waals surface area contributed by atoms with Crippen LogP contribution in [0.1, 0.15) is 38.3 Å². The Labute approximate surface area is 149 Å². The minimum Gasteiger partial charge on any atom is -0.351 e. The third-order valence-corrected chi connectivity index (χ3v) is 4.63. The van der Waals surface area contributed by atoms with Gasteiger partial charge in [-0.05, 0) is 47.2 Å². The minimum atomic E-state index is 0.0511. The van der Waals surface area contributed by atoms with Crippen molar-refractivity contribution < 1.29 is 4.79 Å². The summed E-state index contributed by atoms with van der Waals surface area (Å²) < 4.78 is 2.07. The fourth-order valence-electron chi connectivity index (χ4n) is 3.01. The highest BCUT2D eigenvalue weighted by atomic mass is 16.1. The van der Waals surface area contributed by atoms with Gasteiger partial charge < -0.3 is 9.88 Å². The highest BCUT2D eigenvalue weighted by molar-refractivity contribution is 5.94. The maximum atomic E-state index is 12.2. The number of anilines is 1. The lowest BCUT2D eigenvalue weighted by molar-refractivity contribution is -0.116. The summed E-state index contributed by atoms with van der Waals surface area (Å²) >= 11 is 0. The standard InChI is InChI=1S/C22H26N2O/c1-22(2,3)18-8-5-16(6-9-18)7-12-21(25)23-19-10-11-20-17(15-19)13-14-24(20)4/h5-6,8-11,13-15H,7,12H2,1-4H3,(H,23,25). The van der Waals surface area contributed by atoms with E-state index in [1.807, 2.05) is 31.4 Å². The van der Waals surface area contributed by atoms with Gasteiger partial charge in [-0.1, -0.05) is 45.0 Å². The number of nitrogens with one attached hydrogen (secondary N) is 1. The smallest absolute Gasteiger partial charge is 0.224 e. The number of carbonyl (C=O) groups excluding carboxylic acids is 1. The lowest BCUT2D eigenvalue weighted by atomic mass is 9.86. The lowest BCUT2D eigenvalue weighted by Gasteiger charge is -2.19. The first-order valence-corrected chi connectivity index (χ1v) is 8.77. The van der Waals surface area contributed by atoms with E-state index in [0.29, 0.717) is 6.42 Å². The Morgan fingerprint density at radius 2 is 1.76 bits per heavy atom. The summed E-state index contributed by atoms with van der Waals surface area (Å²) in [6.07, 6.45) is 3.27. The maximum Gasteiger partial charge on any atom is 0.224 e. The summed E-state index contributed by atoms with van der Waals surface area (Å²) in [5, 5.41) is 4.14. The lowest BCUT2D eigenvalue weighted by Crippen LogP contribution is -2.13. The molecule has 3 rings (SSSR count). The third kappa shape index (κ3) is 4.11. The van der Waals surface area contributed by atoms with Gasteiger partial charge in [0.1, 0.15) is 0 Å². The van der Waals surface area contributed by atoms with Crippen molar-refractivity contribution in [2.45, 2.75) is 39.0 Å². The van der Waals surface area contributed by atoms with E-state index in [1.165, 1.54) is 11.1 Å². The van der Waals surface area contributed by atoms with Gasteiger partial charge in [-0.3, -0.25) is 4.79 Å². The molecule has 0 aliphatic heterocycles. The number of rotatable bonds is 4. The van der Waals surface area contributed by atoms with Crippen molar-refractivity contribution in [2.75, 3.05) is 5.32 Å². The van der Waals surface area contributed by atoms with Crippen LogP contribution >= 0.6 is 0 Å². The molecule has 130 valence electrons. The molecule has 25 heavy (non-hydrogen) atoms. The van der Waals surface area contributed by atoms with Crippen molar-refractivity contribution in [3.63, 3.8) is 0 Å². The number of carbonyl (C=O) groups is 1. The fourth-order valence-corrected chi connectivity index (χ4v) is 3.01. The average Bonchev–Trinajstić information content (AvgIpc) is 2.93. The van der Waals surface area contributed by atoms with Crippen molar-refractivity contribution in [1.29, 1.82) is 0 Å². The number of aryl methyl sites for hydroxylation is 2. The molecule has 2 aromatic carbocycles. The van der Waals surface area contributed by atoms with E-state index in [0.717, 1.165) is 23.0 Å². The van der Waals surface area contributed by atoms with Crippen molar-refractivity contribution in [2.24, 2.45) is 7.05 Å². The van der Waals surface area contributed by atoms with Crippen LogP contribution in [-0.2, 0) is 23.7 Å². The molecule has 0 saturated heterocycles. The first-order valence-electron chi connectivity index (χ1n) is 8.77. The Balaban J connectivity index is 1.58. The maximum absolute atomic E-state index is 12.2. The Hall–Kier alpha value is -2.55. The predicted octanol–water partition coefficient (Wildman–Crippen LogP) is 5.05. The van der Waals surface area contributed by atoms with Crippen LogP contribution in [0.5, 0.6) is 0 Å².